The van der Waals surface area contributed by atoms with E-state index in [-0.39, 0.29) is 0 Å². The predicted octanol–water partition coefficient (Wildman–Crippen LogP) is 5.27. The van der Waals surface area contributed by atoms with Gasteiger partial charge in [0.2, 0.25) is 0 Å². The summed E-state index contributed by atoms with van der Waals surface area (Å²) in [6.07, 6.45) is 8.22. The molecular weight excluding hydrogens is 230 g/mol. The van der Waals surface area contributed by atoms with Crippen molar-refractivity contribution in [3.05, 3.63) is 35.4 Å². The maximum absolute atomic E-state index is 8.83. The van der Waals surface area contributed by atoms with E-state index in [4.69, 9.17) is 5.26 Å². The van der Waals surface area contributed by atoms with Gasteiger partial charge in [-0.3, -0.25) is 0 Å². The molecule has 1 nitrogen and oxygen atoms in total. The molecule has 0 bridgehead atoms. The molecule has 0 N–H and O–H groups in total. The fraction of sp³-hybridized carbons (Fsp3) is 0.611. The first-order chi connectivity index (χ1) is 9.19. The molecule has 1 heteroatoms. The molecule has 0 aliphatic heterocycles. The highest BCUT2D eigenvalue weighted by Crippen LogP contribution is 2.37. The maximum atomic E-state index is 8.83. The van der Waals surface area contributed by atoms with Crippen LogP contribution in [0.2, 0.25) is 0 Å². The Kier molecular flexibility index (Phi) is 5.02. The lowest BCUT2D eigenvalue weighted by Gasteiger charge is -2.29. The topological polar surface area (TPSA) is 23.8 Å². The molecule has 1 aromatic rings. The minimum atomic E-state index is 0.725. The van der Waals surface area contributed by atoms with Crippen LogP contribution >= 0.6 is 0 Å². The molecule has 1 aliphatic carbocycles. The van der Waals surface area contributed by atoms with Gasteiger partial charge in [-0.15, -0.1) is 0 Å². The average Bonchev–Trinajstić information content (AvgIpc) is 2.46. The number of rotatable bonds is 4. The van der Waals surface area contributed by atoms with Crippen molar-refractivity contribution in [2.75, 3.05) is 0 Å². The van der Waals surface area contributed by atoms with E-state index >= 15 is 0 Å². The zero-order valence-electron chi connectivity index (χ0n) is 12.2. The summed E-state index contributed by atoms with van der Waals surface area (Å²) >= 11 is 0. The quantitative estimate of drug-likeness (QED) is 0.719. The average molecular weight is 255 g/mol. The molecule has 1 aliphatic rings. The van der Waals surface area contributed by atoms with E-state index in [1.54, 1.807) is 0 Å². The van der Waals surface area contributed by atoms with Crippen molar-refractivity contribution in [1.82, 2.24) is 0 Å². The number of hydrogen-bond donors (Lipinski definition) is 0. The fourth-order valence-corrected chi connectivity index (χ4v) is 3.18. The van der Waals surface area contributed by atoms with Crippen LogP contribution in [0.25, 0.3) is 0 Å². The first-order valence-electron chi connectivity index (χ1n) is 7.69. The Morgan fingerprint density at radius 3 is 2.26 bits per heavy atom. The molecule has 0 spiro atoms. The zero-order valence-corrected chi connectivity index (χ0v) is 12.2. The van der Waals surface area contributed by atoms with Crippen LogP contribution in [0.4, 0.5) is 0 Å². The minimum absolute atomic E-state index is 0.725. The zero-order chi connectivity index (χ0) is 13.7. The summed E-state index contributed by atoms with van der Waals surface area (Å²) in [7, 11) is 0. The molecule has 19 heavy (non-hydrogen) atoms. The van der Waals surface area contributed by atoms with Crippen LogP contribution in [-0.2, 0) is 0 Å². The van der Waals surface area contributed by atoms with Crippen molar-refractivity contribution < 1.29 is 0 Å². The Hall–Kier alpha value is -1.29. The Morgan fingerprint density at radius 1 is 1.11 bits per heavy atom. The molecule has 0 amide bonds. The van der Waals surface area contributed by atoms with Crippen molar-refractivity contribution in [3.8, 4) is 6.07 Å². The van der Waals surface area contributed by atoms with Crippen molar-refractivity contribution >= 4 is 0 Å². The summed E-state index contributed by atoms with van der Waals surface area (Å²) in [6.45, 7) is 4.64. The molecule has 2 rings (SSSR count). The lowest BCUT2D eigenvalue weighted by Crippen LogP contribution is -2.14. The summed E-state index contributed by atoms with van der Waals surface area (Å²) in [6, 6.07) is 10.4. The lowest BCUT2D eigenvalue weighted by molar-refractivity contribution is 0.293. The van der Waals surface area contributed by atoms with Crippen molar-refractivity contribution in [2.45, 2.75) is 58.3 Å². The van der Waals surface area contributed by atoms with Crippen LogP contribution in [0.5, 0.6) is 0 Å². The van der Waals surface area contributed by atoms with Gasteiger partial charge < -0.3 is 0 Å². The van der Waals surface area contributed by atoms with Gasteiger partial charge in [0.15, 0.2) is 0 Å². The minimum Gasteiger partial charge on any atom is -0.192 e. The highest BCUT2D eigenvalue weighted by Gasteiger charge is 2.22. The first-order valence-corrected chi connectivity index (χ1v) is 7.69. The van der Waals surface area contributed by atoms with Crippen LogP contribution < -0.4 is 0 Å². The van der Waals surface area contributed by atoms with Gasteiger partial charge in [-0.1, -0.05) is 38.8 Å². The first kappa shape index (κ1) is 14.1. The second kappa shape index (κ2) is 6.75. The Bertz CT molecular complexity index is 416. The van der Waals surface area contributed by atoms with Gasteiger partial charge in [0.25, 0.3) is 0 Å². The third-order valence-electron chi connectivity index (χ3n) is 4.51. The molecule has 1 saturated carbocycles. The van der Waals surface area contributed by atoms with E-state index in [1.807, 2.05) is 12.1 Å². The molecular formula is C18H25N. The second-order valence-corrected chi connectivity index (χ2v) is 6.42. The number of hydrogen-bond acceptors (Lipinski definition) is 1. The smallest absolute Gasteiger partial charge is 0.0991 e. The summed E-state index contributed by atoms with van der Waals surface area (Å²) in [5, 5.41) is 8.83. The number of benzene rings is 1. The molecule has 0 saturated heterocycles. The highest BCUT2D eigenvalue weighted by atomic mass is 14.3. The molecule has 0 atom stereocenters. The summed E-state index contributed by atoms with van der Waals surface area (Å²) in [4.78, 5) is 0. The summed E-state index contributed by atoms with van der Waals surface area (Å²) in [5.74, 6) is 2.52. The maximum Gasteiger partial charge on any atom is 0.0991 e. The molecule has 102 valence electrons. The van der Waals surface area contributed by atoms with Gasteiger partial charge in [0.05, 0.1) is 11.6 Å². The van der Waals surface area contributed by atoms with Gasteiger partial charge in [0, 0.05) is 0 Å². The van der Waals surface area contributed by atoms with Gasteiger partial charge >= 0.3 is 0 Å². The molecule has 1 aromatic carbocycles. The molecule has 0 aromatic heterocycles. The third-order valence-corrected chi connectivity index (χ3v) is 4.51. The van der Waals surface area contributed by atoms with Crippen LogP contribution in [0.1, 0.15) is 69.4 Å². The predicted molar refractivity (Wildman–Crippen MR) is 79.9 cm³/mol. The Labute approximate surface area is 117 Å². The second-order valence-electron chi connectivity index (χ2n) is 6.42. The van der Waals surface area contributed by atoms with E-state index in [1.165, 1.54) is 44.1 Å². The van der Waals surface area contributed by atoms with Gasteiger partial charge in [0.1, 0.15) is 0 Å². The van der Waals surface area contributed by atoms with Crippen LogP contribution in [0.15, 0.2) is 24.3 Å². The third kappa shape index (κ3) is 4.10. The van der Waals surface area contributed by atoms with E-state index in [0.29, 0.717) is 0 Å². The largest absolute Gasteiger partial charge is 0.192 e. The van der Waals surface area contributed by atoms with E-state index < -0.39 is 0 Å². The SMILES string of the molecule is CC(C)CCC1CCC(c2ccc(C#N)cc2)CC1. The van der Waals surface area contributed by atoms with Crippen molar-refractivity contribution in [2.24, 2.45) is 11.8 Å². The van der Waals surface area contributed by atoms with Crippen LogP contribution in [0, 0.1) is 23.2 Å². The van der Waals surface area contributed by atoms with Crippen LogP contribution in [-0.4, -0.2) is 0 Å². The van der Waals surface area contributed by atoms with Crippen LogP contribution in [0.3, 0.4) is 0 Å². The van der Waals surface area contributed by atoms with E-state index in [2.05, 4.69) is 32.0 Å². The lowest BCUT2D eigenvalue weighted by atomic mass is 9.76. The molecule has 1 fully saturated rings. The molecule has 0 radical (unpaired) electrons. The standard InChI is InChI=1S/C18H25N/c1-14(2)3-4-15-5-9-17(10-6-15)18-11-7-16(13-19)8-12-18/h7-8,11-12,14-15,17H,3-6,9-10H2,1-2H3. The Balaban J connectivity index is 1.84. The summed E-state index contributed by atoms with van der Waals surface area (Å²) in [5.41, 5.74) is 2.20. The number of nitriles is 1. The summed E-state index contributed by atoms with van der Waals surface area (Å²) < 4.78 is 0. The van der Waals surface area contributed by atoms with E-state index in [9.17, 15) is 0 Å². The van der Waals surface area contributed by atoms with Gasteiger partial charge in [-0.25, -0.2) is 0 Å². The normalized spacial score (nSPS) is 23.3. The molecule has 0 unspecified atom stereocenters. The Morgan fingerprint density at radius 2 is 1.74 bits per heavy atom. The monoisotopic (exact) mass is 255 g/mol. The van der Waals surface area contributed by atoms with Crippen molar-refractivity contribution in [1.29, 1.82) is 5.26 Å². The molecule has 0 heterocycles. The fourth-order valence-electron chi connectivity index (χ4n) is 3.18. The highest BCUT2D eigenvalue weighted by molar-refractivity contribution is 5.33. The van der Waals surface area contributed by atoms with Gasteiger partial charge in [-0.2, -0.15) is 5.26 Å². The number of nitrogens with zero attached hydrogens (tertiary/aromatic N) is 1. The van der Waals surface area contributed by atoms with Crippen molar-refractivity contribution in [3.63, 3.8) is 0 Å². The van der Waals surface area contributed by atoms with E-state index in [0.717, 1.165) is 23.3 Å². The van der Waals surface area contributed by atoms with Gasteiger partial charge in [-0.05, 0) is 61.1 Å².